The molecule has 1 aliphatic heterocycles. The summed E-state index contributed by atoms with van der Waals surface area (Å²) in [6.45, 7) is 3.22. The molecule has 5 nitrogen and oxygen atoms in total. The Labute approximate surface area is 131 Å². The average Bonchev–Trinajstić information content (AvgIpc) is 2.66. The van der Waals surface area contributed by atoms with Crippen LogP contribution in [-0.4, -0.2) is 39.5 Å². The average molecular weight is 332 g/mol. The minimum absolute atomic E-state index is 0.0859. The number of nitrogen functional groups attached to an aromatic ring is 1. The van der Waals surface area contributed by atoms with Crippen molar-refractivity contribution < 1.29 is 8.42 Å². The molecule has 1 saturated heterocycles. The zero-order valence-corrected chi connectivity index (χ0v) is 13.6. The van der Waals surface area contributed by atoms with Crippen LogP contribution in [-0.2, 0) is 10.0 Å². The first kappa shape index (κ1) is 16.5. The van der Waals surface area contributed by atoms with Gasteiger partial charge in [0, 0.05) is 18.1 Å². The van der Waals surface area contributed by atoms with E-state index in [1.165, 1.54) is 43.9 Å². The lowest BCUT2D eigenvalue weighted by molar-refractivity contribution is 0.290. The van der Waals surface area contributed by atoms with E-state index >= 15 is 0 Å². The molecule has 1 heterocycles. The van der Waals surface area contributed by atoms with Crippen LogP contribution < -0.4 is 10.5 Å². The lowest BCUT2D eigenvalue weighted by atomic mass is 10.2. The molecule has 7 heteroatoms. The second-order valence-electron chi connectivity index (χ2n) is 5.34. The molecule has 1 fully saturated rings. The number of anilines is 1. The van der Waals surface area contributed by atoms with Crippen molar-refractivity contribution in [3.8, 4) is 0 Å². The monoisotopic (exact) mass is 331 g/mol. The number of nitrogens with one attached hydrogen (secondary N) is 1. The van der Waals surface area contributed by atoms with Crippen molar-refractivity contribution in [3.63, 3.8) is 0 Å². The summed E-state index contributed by atoms with van der Waals surface area (Å²) in [5.74, 6) is 0. The molecule has 0 spiro atoms. The zero-order valence-electron chi connectivity index (χ0n) is 12.0. The van der Waals surface area contributed by atoms with E-state index in [9.17, 15) is 8.42 Å². The molecule has 1 aliphatic rings. The second-order valence-corrected chi connectivity index (χ2v) is 7.51. The molecule has 3 N–H and O–H groups in total. The molecular formula is C14H22ClN3O2S. The van der Waals surface area contributed by atoms with Crippen LogP contribution >= 0.6 is 11.6 Å². The van der Waals surface area contributed by atoms with Crippen LogP contribution in [0.2, 0.25) is 5.02 Å². The largest absolute Gasteiger partial charge is 0.398 e. The number of benzene rings is 1. The van der Waals surface area contributed by atoms with E-state index in [4.69, 9.17) is 17.3 Å². The van der Waals surface area contributed by atoms with Crippen molar-refractivity contribution >= 4 is 27.3 Å². The van der Waals surface area contributed by atoms with Crippen molar-refractivity contribution in [2.75, 3.05) is 31.9 Å². The Hall–Kier alpha value is -0.820. The number of nitrogens with zero attached hydrogens (tertiary/aromatic N) is 1. The lowest BCUT2D eigenvalue weighted by Gasteiger charge is -2.19. The van der Waals surface area contributed by atoms with Gasteiger partial charge in [0.05, 0.1) is 5.69 Å². The maximum atomic E-state index is 12.2. The molecule has 0 atom stereocenters. The van der Waals surface area contributed by atoms with Crippen LogP contribution in [0.5, 0.6) is 0 Å². The van der Waals surface area contributed by atoms with Crippen molar-refractivity contribution in [1.82, 2.24) is 9.62 Å². The summed E-state index contributed by atoms with van der Waals surface area (Å²) in [5.41, 5.74) is 5.90. The molecule has 0 amide bonds. The number of hydrogen-bond acceptors (Lipinski definition) is 4. The first-order valence-electron chi connectivity index (χ1n) is 7.26. The fraction of sp³-hybridized carbons (Fsp3) is 0.571. The Morgan fingerprint density at radius 2 is 1.86 bits per heavy atom. The van der Waals surface area contributed by atoms with Gasteiger partial charge in [-0.3, -0.25) is 0 Å². The fourth-order valence-corrected chi connectivity index (χ4v) is 3.85. The molecule has 118 valence electrons. The Morgan fingerprint density at radius 3 is 2.48 bits per heavy atom. The summed E-state index contributed by atoms with van der Waals surface area (Å²) in [6, 6.07) is 4.41. The van der Waals surface area contributed by atoms with E-state index in [1.807, 2.05) is 0 Å². The Kier molecular flexibility index (Phi) is 5.87. The normalized spacial score (nSPS) is 17.6. The van der Waals surface area contributed by atoms with Crippen molar-refractivity contribution in [3.05, 3.63) is 23.2 Å². The molecule has 1 aromatic rings. The molecule has 0 saturated carbocycles. The van der Waals surface area contributed by atoms with Gasteiger partial charge in [-0.1, -0.05) is 24.4 Å². The molecule has 0 aromatic heterocycles. The highest BCUT2D eigenvalue weighted by molar-refractivity contribution is 7.89. The second kappa shape index (κ2) is 7.45. The summed E-state index contributed by atoms with van der Waals surface area (Å²) >= 11 is 5.79. The number of rotatable bonds is 5. The highest BCUT2D eigenvalue weighted by Gasteiger charge is 2.17. The summed E-state index contributed by atoms with van der Waals surface area (Å²) < 4.78 is 27.1. The maximum Gasteiger partial charge on any atom is 0.242 e. The van der Waals surface area contributed by atoms with Crippen LogP contribution in [0.4, 0.5) is 5.69 Å². The summed E-state index contributed by atoms with van der Waals surface area (Å²) in [4.78, 5) is 2.39. The number of sulfonamides is 1. The number of hydrogen-bond donors (Lipinski definition) is 2. The summed E-state index contributed by atoms with van der Waals surface area (Å²) in [7, 11) is -3.58. The predicted octanol–water partition coefficient (Wildman–Crippen LogP) is 2.08. The van der Waals surface area contributed by atoms with Gasteiger partial charge in [0.25, 0.3) is 0 Å². The first-order chi connectivity index (χ1) is 9.99. The maximum absolute atomic E-state index is 12.2. The highest BCUT2D eigenvalue weighted by atomic mass is 35.5. The van der Waals surface area contributed by atoms with E-state index in [1.54, 1.807) is 0 Å². The molecule has 0 radical (unpaired) electrons. The van der Waals surface area contributed by atoms with Crippen molar-refractivity contribution in [2.24, 2.45) is 0 Å². The van der Waals surface area contributed by atoms with Gasteiger partial charge in [0.2, 0.25) is 10.0 Å². The topological polar surface area (TPSA) is 75.4 Å². The van der Waals surface area contributed by atoms with Gasteiger partial charge >= 0.3 is 0 Å². The molecule has 0 bridgehead atoms. The quantitative estimate of drug-likeness (QED) is 0.810. The molecule has 1 aromatic carbocycles. The van der Waals surface area contributed by atoms with E-state index in [0.29, 0.717) is 11.6 Å². The molecule has 21 heavy (non-hydrogen) atoms. The minimum Gasteiger partial charge on any atom is -0.398 e. The molecule has 0 unspecified atom stereocenters. The van der Waals surface area contributed by atoms with E-state index in [2.05, 4.69) is 9.62 Å². The Bertz CT molecular complexity index is 570. The summed E-state index contributed by atoms with van der Waals surface area (Å²) in [6.07, 6.45) is 4.92. The lowest BCUT2D eigenvalue weighted by Crippen LogP contribution is -2.35. The van der Waals surface area contributed by atoms with Gasteiger partial charge in [-0.05, 0) is 44.1 Å². The third kappa shape index (κ3) is 4.85. The third-order valence-corrected chi connectivity index (χ3v) is 5.45. The SMILES string of the molecule is Nc1cc(Cl)ccc1S(=O)(=O)NCCN1CCCCCC1. The van der Waals surface area contributed by atoms with Crippen molar-refractivity contribution in [2.45, 2.75) is 30.6 Å². The van der Waals surface area contributed by atoms with Crippen LogP contribution in [0, 0.1) is 0 Å². The zero-order chi connectivity index (χ0) is 15.3. The van der Waals surface area contributed by atoms with Crippen LogP contribution in [0.1, 0.15) is 25.7 Å². The third-order valence-electron chi connectivity index (χ3n) is 3.68. The van der Waals surface area contributed by atoms with Crippen molar-refractivity contribution in [1.29, 1.82) is 0 Å². The Morgan fingerprint density at radius 1 is 1.19 bits per heavy atom. The number of likely N-dealkylation sites (tertiary alicyclic amines) is 1. The summed E-state index contributed by atoms with van der Waals surface area (Å²) in [5, 5.41) is 0.427. The van der Waals surface area contributed by atoms with Crippen LogP contribution in [0.3, 0.4) is 0 Å². The van der Waals surface area contributed by atoms with Gasteiger partial charge < -0.3 is 10.6 Å². The van der Waals surface area contributed by atoms with Gasteiger partial charge in [0.15, 0.2) is 0 Å². The van der Waals surface area contributed by atoms with Gasteiger partial charge in [0.1, 0.15) is 4.90 Å². The van der Waals surface area contributed by atoms with E-state index < -0.39 is 10.0 Å². The first-order valence-corrected chi connectivity index (χ1v) is 9.12. The van der Waals surface area contributed by atoms with Gasteiger partial charge in [-0.15, -0.1) is 0 Å². The minimum atomic E-state index is -3.58. The van der Waals surface area contributed by atoms with E-state index in [0.717, 1.165) is 19.6 Å². The molecule has 0 aliphatic carbocycles. The van der Waals surface area contributed by atoms with Crippen LogP contribution in [0.15, 0.2) is 23.1 Å². The van der Waals surface area contributed by atoms with Gasteiger partial charge in [-0.2, -0.15) is 0 Å². The molecular weight excluding hydrogens is 310 g/mol. The molecule has 2 rings (SSSR count). The van der Waals surface area contributed by atoms with Crippen LogP contribution in [0.25, 0.3) is 0 Å². The Balaban J connectivity index is 1.91. The number of nitrogens with two attached hydrogens (primary N) is 1. The smallest absolute Gasteiger partial charge is 0.242 e. The predicted molar refractivity (Wildman–Crippen MR) is 86.0 cm³/mol. The standard InChI is InChI=1S/C14H22ClN3O2S/c15-12-5-6-14(13(16)11-12)21(19,20)17-7-10-18-8-3-1-2-4-9-18/h5-6,11,17H,1-4,7-10,16H2. The van der Waals surface area contributed by atoms with Gasteiger partial charge in [-0.25, -0.2) is 13.1 Å². The number of halogens is 1. The fourth-order valence-electron chi connectivity index (χ4n) is 2.54. The highest BCUT2D eigenvalue weighted by Crippen LogP contribution is 2.22. The van der Waals surface area contributed by atoms with E-state index in [-0.39, 0.29) is 10.6 Å².